The van der Waals surface area contributed by atoms with Gasteiger partial charge in [-0.2, -0.15) is 0 Å². The maximum absolute atomic E-state index is 5.62. The van der Waals surface area contributed by atoms with Gasteiger partial charge in [0, 0.05) is 21.9 Å². The minimum atomic E-state index is 0.398. The highest BCUT2D eigenvalue weighted by Crippen LogP contribution is 2.24. The van der Waals surface area contributed by atoms with Crippen LogP contribution >= 0.6 is 28.1 Å². The predicted molar refractivity (Wildman–Crippen MR) is 91.0 cm³/mol. The molecule has 0 amide bonds. The third-order valence-corrected chi connectivity index (χ3v) is 3.96. The van der Waals surface area contributed by atoms with Crippen molar-refractivity contribution in [1.82, 2.24) is 4.98 Å². The lowest BCUT2D eigenvalue weighted by atomic mass is 10.1. The molecule has 1 aromatic carbocycles. The monoisotopic (exact) mass is 349 g/mol. The minimum absolute atomic E-state index is 0.398. The van der Waals surface area contributed by atoms with Gasteiger partial charge in [0.2, 0.25) is 0 Å². The van der Waals surface area contributed by atoms with Crippen molar-refractivity contribution in [2.45, 2.75) is 19.9 Å². The number of aromatic nitrogens is 1. The highest BCUT2D eigenvalue weighted by molar-refractivity contribution is 9.10. The number of aryl methyl sites for hydroxylation is 1. The Morgan fingerprint density at radius 2 is 2.20 bits per heavy atom. The van der Waals surface area contributed by atoms with Crippen molar-refractivity contribution in [2.75, 3.05) is 5.32 Å². The summed E-state index contributed by atoms with van der Waals surface area (Å²) < 4.78 is 0.941. The van der Waals surface area contributed by atoms with Crippen molar-refractivity contribution in [1.29, 1.82) is 0 Å². The molecule has 5 heteroatoms. The van der Waals surface area contributed by atoms with Crippen LogP contribution in [0.1, 0.15) is 23.7 Å². The van der Waals surface area contributed by atoms with Gasteiger partial charge < -0.3 is 11.1 Å². The van der Waals surface area contributed by atoms with Gasteiger partial charge in [-0.25, -0.2) is 0 Å². The third-order valence-electron chi connectivity index (χ3n) is 3.07. The number of halogens is 1. The number of hydrogen-bond acceptors (Lipinski definition) is 3. The number of thiocarbonyl (C=S) groups is 1. The molecular weight excluding hydrogens is 334 g/mol. The summed E-state index contributed by atoms with van der Waals surface area (Å²) in [6, 6.07) is 9.87. The highest BCUT2D eigenvalue weighted by Gasteiger charge is 2.05. The molecule has 0 radical (unpaired) electrons. The molecule has 3 nitrogen and oxygen atoms in total. The number of benzene rings is 1. The lowest BCUT2D eigenvalue weighted by molar-refractivity contribution is 0.971. The Labute approximate surface area is 132 Å². The predicted octanol–water partition coefficient (Wildman–Crippen LogP) is 3.65. The standard InChI is InChI=1S/C15H16BrN3S/c1-2-10-4-3-7-18-14(10)9-19-13-6-5-11(15(17)20)8-12(13)16/h3-8,19H,2,9H2,1H3,(H2,17,20). The van der Waals surface area contributed by atoms with Crippen LogP contribution in [0.25, 0.3) is 0 Å². The van der Waals surface area contributed by atoms with Crippen molar-refractivity contribution in [3.05, 3.63) is 57.8 Å². The van der Waals surface area contributed by atoms with Crippen LogP contribution in [0.5, 0.6) is 0 Å². The summed E-state index contributed by atoms with van der Waals surface area (Å²) in [6.07, 6.45) is 2.80. The molecule has 0 atom stereocenters. The van der Waals surface area contributed by atoms with Gasteiger partial charge in [0.1, 0.15) is 4.99 Å². The van der Waals surface area contributed by atoms with Crippen molar-refractivity contribution >= 4 is 38.8 Å². The average molecular weight is 350 g/mol. The first-order valence-electron chi connectivity index (χ1n) is 6.37. The normalized spacial score (nSPS) is 10.3. The van der Waals surface area contributed by atoms with E-state index in [-0.39, 0.29) is 0 Å². The highest BCUT2D eigenvalue weighted by atomic mass is 79.9. The number of anilines is 1. The van der Waals surface area contributed by atoms with Gasteiger partial charge in [-0.15, -0.1) is 0 Å². The second-order valence-electron chi connectivity index (χ2n) is 4.38. The van der Waals surface area contributed by atoms with E-state index < -0.39 is 0 Å². The maximum Gasteiger partial charge on any atom is 0.104 e. The van der Waals surface area contributed by atoms with E-state index in [1.165, 1.54) is 5.56 Å². The second kappa shape index (κ2) is 6.81. The molecule has 0 saturated carbocycles. The molecule has 0 unspecified atom stereocenters. The molecule has 0 bridgehead atoms. The summed E-state index contributed by atoms with van der Waals surface area (Å²) in [5.74, 6) is 0. The largest absolute Gasteiger partial charge is 0.389 e. The summed E-state index contributed by atoms with van der Waals surface area (Å²) in [7, 11) is 0. The Hall–Kier alpha value is -1.46. The van der Waals surface area contributed by atoms with E-state index in [9.17, 15) is 0 Å². The minimum Gasteiger partial charge on any atom is -0.389 e. The van der Waals surface area contributed by atoms with Gasteiger partial charge in [-0.3, -0.25) is 4.98 Å². The SMILES string of the molecule is CCc1cccnc1CNc1ccc(C(N)=S)cc1Br. The van der Waals surface area contributed by atoms with E-state index in [4.69, 9.17) is 18.0 Å². The molecule has 0 aliphatic heterocycles. The zero-order valence-electron chi connectivity index (χ0n) is 11.2. The number of rotatable bonds is 5. The second-order valence-corrected chi connectivity index (χ2v) is 5.67. The van der Waals surface area contributed by atoms with E-state index in [0.29, 0.717) is 11.5 Å². The van der Waals surface area contributed by atoms with E-state index in [2.05, 4.69) is 39.2 Å². The van der Waals surface area contributed by atoms with Gasteiger partial charge >= 0.3 is 0 Å². The number of nitrogens with zero attached hydrogens (tertiary/aromatic N) is 1. The summed E-state index contributed by atoms with van der Waals surface area (Å²) in [4.78, 5) is 4.82. The third kappa shape index (κ3) is 3.55. The summed E-state index contributed by atoms with van der Waals surface area (Å²) in [5, 5.41) is 3.38. The Morgan fingerprint density at radius 1 is 1.40 bits per heavy atom. The number of nitrogens with two attached hydrogens (primary N) is 1. The Bertz CT molecular complexity index is 628. The van der Waals surface area contributed by atoms with E-state index in [0.717, 1.165) is 27.8 Å². The van der Waals surface area contributed by atoms with E-state index in [1.807, 2.05) is 30.5 Å². The van der Waals surface area contributed by atoms with Crippen LogP contribution in [-0.2, 0) is 13.0 Å². The summed E-state index contributed by atoms with van der Waals surface area (Å²) in [5.41, 5.74) is 9.79. The first kappa shape index (κ1) is 14.9. The lowest BCUT2D eigenvalue weighted by Crippen LogP contribution is -2.10. The molecule has 20 heavy (non-hydrogen) atoms. The topological polar surface area (TPSA) is 50.9 Å². The number of pyridine rings is 1. The average Bonchev–Trinajstić information content (AvgIpc) is 2.46. The number of nitrogens with one attached hydrogen (secondary N) is 1. The van der Waals surface area contributed by atoms with Crippen LogP contribution in [0.15, 0.2) is 41.0 Å². The molecule has 0 aliphatic rings. The first-order valence-corrected chi connectivity index (χ1v) is 7.58. The lowest BCUT2D eigenvalue weighted by Gasteiger charge is -2.11. The van der Waals surface area contributed by atoms with Gasteiger partial charge in [0.25, 0.3) is 0 Å². The fraction of sp³-hybridized carbons (Fsp3) is 0.200. The fourth-order valence-electron chi connectivity index (χ4n) is 1.94. The summed E-state index contributed by atoms with van der Waals surface area (Å²) >= 11 is 8.49. The van der Waals surface area contributed by atoms with Crippen LogP contribution in [-0.4, -0.2) is 9.97 Å². The Kier molecular flexibility index (Phi) is 5.09. The molecule has 0 fully saturated rings. The fourth-order valence-corrected chi connectivity index (χ4v) is 2.59. The Morgan fingerprint density at radius 3 is 2.85 bits per heavy atom. The molecule has 3 N–H and O–H groups in total. The Balaban J connectivity index is 2.13. The maximum atomic E-state index is 5.62. The van der Waals surface area contributed by atoms with Gasteiger partial charge in [0.05, 0.1) is 12.2 Å². The van der Waals surface area contributed by atoms with Crippen molar-refractivity contribution in [2.24, 2.45) is 5.73 Å². The summed E-state index contributed by atoms with van der Waals surface area (Å²) in [6.45, 7) is 2.82. The number of hydrogen-bond donors (Lipinski definition) is 2. The van der Waals surface area contributed by atoms with Crippen molar-refractivity contribution < 1.29 is 0 Å². The zero-order valence-corrected chi connectivity index (χ0v) is 13.6. The quantitative estimate of drug-likeness (QED) is 0.809. The van der Waals surface area contributed by atoms with E-state index in [1.54, 1.807) is 0 Å². The molecular formula is C15H16BrN3S. The first-order chi connectivity index (χ1) is 9.61. The molecule has 0 aliphatic carbocycles. The molecule has 0 saturated heterocycles. The molecule has 0 spiro atoms. The van der Waals surface area contributed by atoms with Crippen LogP contribution in [0.3, 0.4) is 0 Å². The van der Waals surface area contributed by atoms with Crippen LogP contribution < -0.4 is 11.1 Å². The van der Waals surface area contributed by atoms with Crippen LogP contribution in [0, 0.1) is 0 Å². The van der Waals surface area contributed by atoms with Crippen molar-refractivity contribution in [3.8, 4) is 0 Å². The van der Waals surface area contributed by atoms with Crippen LogP contribution in [0.2, 0.25) is 0 Å². The van der Waals surface area contributed by atoms with Gasteiger partial charge in [-0.05, 0) is 52.2 Å². The van der Waals surface area contributed by atoms with Crippen molar-refractivity contribution in [3.63, 3.8) is 0 Å². The molecule has 2 rings (SSSR count). The van der Waals surface area contributed by atoms with Gasteiger partial charge in [0.15, 0.2) is 0 Å². The van der Waals surface area contributed by atoms with Crippen LogP contribution in [0.4, 0.5) is 5.69 Å². The molecule has 104 valence electrons. The zero-order chi connectivity index (χ0) is 14.5. The van der Waals surface area contributed by atoms with Gasteiger partial charge in [-0.1, -0.05) is 25.2 Å². The smallest absolute Gasteiger partial charge is 0.104 e. The molecule has 1 heterocycles. The van der Waals surface area contributed by atoms with E-state index >= 15 is 0 Å². The molecule has 2 aromatic rings. The molecule has 1 aromatic heterocycles.